The van der Waals surface area contributed by atoms with Crippen LogP contribution in [0.1, 0.15) is 25.8 Å². The molecular formula is C12H16O. The van der Waals surface area contributed by atoms with E-state index in [0.717, 1.165) is 12.2 Å². The number of ether oxygens (including phenoxy) is 1. The fraction of sp³-hybridized carbons (Fsp3) is 0.333. The quantitative estimate of drug-likeness (QED) is 0.684. The van der Waals surface area contributed by atoms with Crippen LogP contribution in [0.15, 0.2) is 30.3 Å². The van der Waals surface area contributed by atoms with Gasteiger partial charge in [0.05, 0.1) is 7.11 Å². The van der Waals surface area contributed by atoms with Crippen molar-refractivity contribution >= 4 is 5.57 Å². The summed E-state index contributed by atoms with van der Waals surface area (Å²) in [5.74, 6) is 0.912. The summed E-state index contributed by atoms with van der Waals surface area (Å²) in [6.07, 6.45) is 3.23. The predicted molar refractivity (Wildman–Crippen MR) is 56.9 cm³/mol. The molecule has 0 N–H and O–H groups in total. The van der Waals surface area contributed by atoms with E-state index >= 15 is 0 Å². The van der Waals surface area contributed by atoms with Crippen molar-refractivity contribution in [3.8, 4) is 5.75 Å². The van der Waals surface area contributed by atoms with Crippen LogP contribution in [0.2, 0.25) is 0 Å². The normalized spacial score (nSPS) is 11.5. The van der Waals surface area contributed by atoms with Crippen molar-refractivity contribution in [2.75, 3.05) is 7.11 Å². The van der Waals surface area contributed by atoms with E-state index in [1.807, 2.05) is 12.1 Å². The summed E-state index contributed by atoms with van der Waals surface area (Å²) in [5, 5.41) is 0. The Morgan fingerprint density at radius 2 is 1.92 bits per heavy atom. The number of hydrogen-bond acceptors (Lipinski definition) is 1. The molecule has 0 radical (unpaired) electrons. The van der Waals surface area contributed by atoms with Crippen LogP contribution in [0.5, 0.6) is 5.75 Å². The van der Waals surface area contributed by atoms with Crippen LogP contribution in [0, 0.1) is 0 Å². The third-order valence-electron chi connectivity index (χ3n) is 2.19. The van der Waals surface area contributed by atoms with Gasteiger partial charge in [-0.3, -0.25) is 0 Å². The molecule has 1 aromatic rings. The summed E-state index contributed by atoms with van der Waals surface area (Å²) in [6.45, 7) is 4.24. The third-order valence-corrected chi connectivity index (χ3v) is 2.19. The van der Waals surface area contributed by atoms with Crippen molar-refractivity contribution in [2.45, 2.75) is 20.3 Å². The van der Waals surface area contributed by atoms with E-state index in [-0.39, 0.29) is 0 Å². The summed E-state index contributed by atoms with van der Waals surface area (Å²) in [6, 6.07) is 8.18. The molecule has 1 aromatic carbocycles. The second-order valence-corrected chi connectivity index (χ2v) is 2.90. The number of hydrogen-bond donors (Lipinski definition) is 0. The first kappa shape index (κ1) is 9.85. The molecule has 0 atom stereocenters. The fourth-order valence-corrected chi connectivity index (χ4v) is 1.38. The number of methoxy groups -OCH3 is 1. The summed E-state index contributed by atoms with van der Waals surface area (Å²) >= 11 is 0. The van der Waals surface area contributed by atoms with Gasteiger partial charge in [0.25, 0.3) is 0 Å². The molecule has 0 aliphatic rings. The van der Waals surface area contributed by atoms with Gasteiger partial charge in [-0.15, -0.1) is 0 Å². The van der Waals surface area contributed by atoms with Crippen molar-refractivity contribution in [2.24, 2.45) is 0 Å². The largest absolute Gasteiger partial charge is 0.497 e. The smallest absolute Gasteiger partial charge is 0.118 e. The van der Waals surface area contributed by atoms with Gasteiger partial charge in [-0.1, -0.05) is 25.1 Å². The molecule has 0 saturated carbocycles. The molecular weight excluding hydrogens is 160 g/mol. The van der Waals surface area contributed by atoms with E-state index in [1.54, 1.807) is 7.11 Å². The zero-order valence-corrected chi connectivity index (χ0v) is 8.50. The standard InChI is InChI=1S/C12H16O/c1-4-10(5-2)11-6-8-12(13-3)9-7-11/h4,6-9H,5H2,1-3H3/b10-4-. The molecule has 1 rings (SSSR count). The Labute approximate surface area is 80.0 Å². The number of allylic oxidation sites excluding steroid dienone is 2. The zero-order chi connectivity index (χ0) is 9.68. The van der Waals surface area contributed by atoms with Crippen LogP contribution in [-0.2, 0) is 0 Å². The van der Waals surface area contributed by atoms with Crippen molar-refractivity contribution in [1.82, 2.24) is 0 Å². The molecule has 13 heavy (non-hydrogen) atoms. The van der Waals surface area contributed by atoms with Crippen molar-refractivity contribution in [1.29, 1.82) is 0 Å². The molecule has 0 aromatic heterocycles. The highest BCUT2D eigenvalue weighted by Gasteiger charge is 1.97. The van der Waals surface area contributed by atoms with Crippen LogP contribution in [0.25, 0.3) is 5.57 Å². The molecule has 0 saturated heterocycles. The van der Waals surface area contributed by atoms with E-state index in [2.05, 4.69) is 32.1 Å². The van der Waals surface area contributed by atoms with Crippen LogP contribution in [-0.4, -0.2) is 7.11 Å². The molecule has 0 aliphatic heterocycles. The van der Waals surface area contributed by atoms with Crippen LogP contribution in [0.4, 0.5) is 0 Å². The highest BCUT2D eigenvalue weighted by Crippen LogP contribution is 2.20. The van der Waals surface area contributed by atoms with Gasteiger partial charge in [0.2, 0.25) is 0 Å². The van der Waals surface area contributed by atoms with Gasteiger partial charge in [-0.25, -0.2) is 0 Å². The van der Waals surface area contributed by atoms with Gasteiger partial charge < -0.3 is 4.74 Å². The average molecular weight is 176 g/mol. The molecule has 0 spiro atoms. The summed E-state index contributed by atoms with van der Waals surface area (Å²) in [7, 11) is 1.69. The fourth-order valence-electron chi connectivity index (χ4n) is 1.38. The first-order valence-corrected chi connectivity index (χ1v) is 4.61. The van der Waals surface area contributed by atoms with Crippen molar-refractivity contribution in [3.05, 3.63) is 35.9 Å². The van der Waals surface area contributed by atoms with E-state index < -0.39 is 0 Å². The molecule has 0 bridgehead atoms. The molecule has 0 unspecified atom stereocenters. The first-order valence-electron chi connectivity index (χ1n) is 4.61. The molecule has 0 heterocycles. The SMILES string of the molecule is C/C=C(/CC)c1ccc(OC)cc1. The van der Waals surface area contributed by atoms with Crippen LogP contribution < -0.4 is 4.74 Å². The van der Waals surface area contributed by atoms with E-state index in [4.69, 9.17) is 4.74 Å². The molecule has 1 nitrogen and oxygen atoms in total. The van der Waals surface area contributed by atoms with Gasteiger partial charge >= 0.3 is 0 Å². The van der Waals surface area contributed by atoms with Gasteiger partial charge in [-0.05, 0) is 36.6 Å². The van der Waals surface area contributed by atoms with Crippen molar-refractivity contribution in [3.63, 3.8) is 0 Å². The first-order chi connectivity index (χ1) is 6.31. The lowest BCUT2D eigenvalue weighted by atomic mass is 10.0. The van der Waals surface area contributed by atoms with Gasteiger partial charge in [0, 0.05) is 0 Å². The van der Waals surface area contributed by atoms with Crippen molar-refractivity contribution < 1.29 is 4.74 Å². The van der Waals surface area contributed by atoms with Gasteiger partial charge in [0.15, 0.2) is 0 Å². The minimum absolute atomic E-state index is 0.912. The Balaban J connectivity index is 2.91. The molecule has 0 aliphatic carbocycles. The summed E-state index contributed by atoms with van der Waals surface area (Å²) < 4.78 is 5.10. The molecule has 0 fully saturated rings. The zero-order valence-electron chi connectivity index (χ0n) is 8.50. The molecule has 1 heteroatoms. The lowest BCUT2D eigenvalue weighted by Gasteiger charge is -2.05. The lowest BCUT2D eigenvalue weighted by Crippen LogP contribution is -1.85. The van der Waals surface area contributed by atoms with Gasteiger partial charge in [0.1, 0.15) is 5.75 Å². The summed E-state index contributed by atoms with van der Waals surface area (Å²) in [5.41, 5.74) is 2.66. The average Bonchev–Trinajstić information content (AvgIpc) is 2.21. The second kappa shape index (κ2) is 4.70. The molecule has 0 amide bonds. The maximum absolute atomic E-state index is 5.10. The Morgan fingerprint density at radius 3 is 2.31 bits per heavy atom. The summed E-state index contributed by atoms with van der Waals surface area (Å²) in [4.78, 5) is 0. The maximum Gasteiger partial charge on any atom is 0.118 e. The highest BCUT2D eigenvalue weighted by molar-refractivity contribution is 5.65. The minimum Gasteiger partial charge on any atom is -0.497 e. The monoisotopic (exact) mass is 176 g/mol. The Bertz CT molecular complexity index is 282. The minimum atomic E-state index is 0.912. The Kier molecular flexibility index (Phi) is 3.56. The van der Waals surface area contributed by atoms with E-state index in [0.29, 0.717) is 0 Å². The maximum atomic E-state index is 5.10. The molecule has 70 valence electrons. The van der Waals surface area contributed by atoms with Crippen LogP contribution >= 0.6 is 0 Å². The number of rotatable bonds is 3. The topological polar surface area (TPSA) is 9.23 Å². The number of benzene rings is 1. The Hall–Kier alpha value is -1.24. The third kappa shape index (κ3) is 2.35. The van der Waals surface area contributed by atoms with Crippen LogP contribution in [0.3, 0.4) is 0 Å². The second-order valence-electron chi connectivity index (χ2n) is 2.90. The van der Waals surface area contributed by atoms with Gasteiger partial charge in [-0.2, -0.15) is 0 Å². The predicted octanol–water partition coefficient (Wildman–Crippen LogP) is 3.51. The Morgan fingerprint density at radius 1 is 1.31 bits per heavy atom. The lowest BCUT2D eigenvalue weighted by molar-refractivity contribution is 0.415. The van der Waals surface area contributed by atoms with E-state index in [1.165, 1.54) is 11.1 Å². The van der Waals surface area contributed by atoms with E-state index in [9.17, 15) is 0 Å². The highest BCUT2D eigenvalue weighted by atomic mass is 16.5.